The summed E-state index contributed by atoms with van der Waals surface area (Å²) in [6.07, 6.45) is 2.07. The lowest BCUT2D eigenvalue weighted by Crippen LogP contribution is -2.43. The lowest BCUT2D eigenvalue weighted by Gasteiger charge is -2.16. The molecule has 6 N–H and O–H groups in total. The van der Waals surface area contributed by atoms with Gasteiger partial charge in [0.2, 0.25) is 11.8 Å². The minimum Gasteiger partial charge on any atom is -0.480 e. The van der Waals surface area contributed by atoms with Crippen molar-refractivity contribution in [2.75, 3.05) is 5.75 Å². The summed E-state index contributed by atoms with van der Waals surface area (Å²) >= 11 is 1.81. The molecule has 0 spiro atoms. The first kappa shape index (κ1) is 18.4. The van der Waals surface area contributed by atoms with Gasteiger partial charge in [-0.25, -0.2) is 9.59 Å². The van der Waals surface area contributed by atoms with Gasteiger partial charge in [0, 0.05) is 17.4 Å². The molecule has 2 aliphatic heterocycles. The van der Waals surface area contributed by atoms with Gasteiger partial charge < -0.3 is 26.8 Å². The molecule has 0 aromatic carbocycles. The Morgan fingerprint density at radius 1 is 1.33 bits per heavy atom. The molecule has 9 nitrogen and oxygen atoms in total. The molecule has 0 saturated carbocycles. The van der Waals surface area contributed by atoms with Gasteiger partial charge in [-0.05, 0) is 12.8 Å². The SMILES string of the molecule is NC(=O)C[C@H](NC(=O)CCCC[C@@H]1SC[C@@H]2NC(=O)N[C@@H]21)C(=O)O. The van der Waals surface area contributed by atoms with Crippen molar-refractivity contribution in [3.8, 4) is 0 Å². The highest BCUT2D eigenvalue weighted by molar-refractivity contribution is 8.00. The molecule has 2 saturated heterocycles. The maximum atomic E-state index is 11.8. The summed E-state index contributed by atoms with van der Waals surface area (Å²) in [4.78, 5) is 44.8. The predicted molar refractivity (Wildman–Crippen MR) is 87.3 cm³/mol. The Balaban J connectivity index is 1.65. The van der Waals surface area contributed by atoms with E-state index in [1.807, 2.05) is 11.8 Å². The van der Waals surface area contributed by atoms with Crippen LogP contribution in [0.1, 0.15) is 32.1 Å². The molecule has 0 aromatic heterocycles. The normalized spacial score (nSPS) is 26.2. The highest BCUT2D eigenvalue weighted by Crippen LogP contribution is 2.33. The Kier molecular flexibility index (Phi) is 6.29. The molecular formula is C14H22N4O5S. The number of carbonyl (C=O) groups is 4. The van der Waals surface area contributed by atoms with Crippen molar-refractivity contribution in [1.82, 2.24) is 16.0 Å². The van der Waals surface area contributed by atoms with E-state index in [4.69, 9.17) is 10.8 Å². The molecule has 2 aliphatic rings. The lowest BCUT2D eigenvalue weighted by molar-refractivity contribution is -0.143. The maximum Gasteiger partial charge on any atom is 0.326 e. The van der Waals surface area contributed by atoms with E-state index in [1.54, 1.807) is 0 Å². The van der Waals surface area contributed by atoms with E-state index >= 15 is 0 Å². The van der Waals surface area contributed by atoms with Crippen LogP contribution in [0.25, 0.3) is 0 Å². The second kappa shape index (κ2) is 8.22. The van der Waals surface area contributed by atoms with Crippen molar-refractivity contribution in [3.63, 3.8) is 0 Å². The minimum atomic E-state index is -1.28. The van der Waals surface area contributed by atoms with Gasteiger partial charge in [-0.1, -0.05) is 6.42 Å². The number of urea groups is 1. The number of unbranched alkanes of at least 4 members (excludes halogenated alkanes) is 1. The van der Waals surface area contributed by atoms with E-state index < -0.39 is 30.2 Å². The van der Waals surface area contributed by atoms with Crippen LogP contribution in [0.2, 0.25) is 0 Å². The minimum absolute atomic E-state index is 0.121. The number of nitrogens with two attached hydrogens (primary N) is 1. The molecule has 0 aliphatic carbocycles. The molecule has 24 heavy (non-hydrogen) atoms. The Morgan fingerprint density at radius 3 is 2.75 bits per heavy atom. The number of hydrogen-bond acceptors (Lipinski definition) is 5. The van der Waals surface area contributed by atoms with Crippen LogP contribution in [0.5, 0.6) is 0 Å². The number of carboxylic acids is 1. The summed E-state index contributed by atoms with van der Waals surface area (Å²) in [5.41, 5.74) is 4.96. The number of carboxylic acid groups (broad SMARTS) is 1. The number of aliphatic carboxylic acids is 1. The van der Waals surface area contributed by atoms with Crippen LogP contribution in [-0.2, 0) is 14.4 Å². The van der Waals surface area contributed by atoms with Gasteiger partial charge in [-0.3, -0.25) is 9.59 Å². The molecule has 134 valence electrons. The number of nitrogens with one attached hydrogen (secondary N) is 3. The monoisotopic (exact) mass is 358 g/mol. The van der Waals surface area contributed by atoms with Gasteiger partial charge in [-0.2, -0.15) is 11.8 Å². The first-order valence-electron chi connectivity index (χ1n) is 7.86. The Labute approximate surface area is 143 Å². The Morgan fingerprint density at radius 2 is 2.08 bits per heavy atom. The molecule has 4 amide bonds. The largest absolute Gasteiger partial charge is 0.480 e. The molecule has 2 rings (SSSR count). The molecule has 10 heteroatoms. The number of primary amides is 1. The second-order valence-corrected chi connectivity index (χ2v) is 7.27. The van der Waals surface area contributed by atoms with Crippen molar-refractivity contribution >= 4 is 35.6 Å². The van der Waals surface area contributed by atoms with Crippen LogP contribution >= 0.6 is 11.8 Å². The fourth-order valence-corrected chi connectivity index (χ4v) is 4.49. The predicted octanol–water partition coefficient (Wildman–Crippen LogP) is -0.843. The van der Waals surface area contributed by atoms with Crippen LogP contribution < -0.4 is 21.7 Å². The van der Waals surface area contributed by atoms with E-state index in [-0.39, 0.29) is 24.5 Å². The molecule has 2 heterocycles. The van der Waals surface area contributed by atoms with E-state index in [2.05, 4.69) is 16.0 Å². The smallest absolute Gasteiger partial charge is 0.326 e. The fourth-order valence-electron chi connectivity index (χ4n) is 2.94. The van der Waals surface area contributed by atoms with Gasteiger partial charge in [-0.15, -0.1) is 0 Å². The van der Waals surface area contributed by atoms with Crippen molar-refractivity contribution in [2.45, 2.75) is 55.5 Å². The lowest BCUT2D eigenvalue weighted by atomic mass is 10.0. The number of thioether (sulfide) groups is 1. The van der Waals surface area contributed by atoms with Gasteiger partial charge in [0.1, 0.15) is 6.04 Å². The highest BCUT2D eigenvalue weighted by atomic mass is 32.2. The zero-order chi connectivity index (χ0) is 17.7. The third kappa shape index (κ3) is 5.02. The molecular weight excluding hydrogens is 336 g/mol. The fraction of sp³-hybridized carbons (Fsp3) is 0.714. The quantitative estimate of drug-likeness (QED) is 0.268. The topological polar surface area (TPSA) is 151 Å². The third-order valence-corrected chi connectivity index (χ3v) is 5.63. The van der Waals surface area contributed by atoms with E-state index in [0.717, 1.165) is 18.6 Å². The van der Waals surface area contributed by atoms with E-state index in [1.165, 1.54) is 0 Å². The summed E-state index contributed by atoms with van der Waals surface area (Å²) in [5, 5.41) is 17.4. The molecule has 0 aromatic rings. The zero-order valence-corrected chi connectivity index (χ0v) is 13.9. The molecule has 0 unspecified atom stereocenters. The second-order valence-electron chi connectivity index (χ2n) is 6.00. The van der Waals surface area contributed by atoms with Crippen molar-refractivity contribution in [2.24, 2.45) is 5.73 Å². The van der Waals surface area contributed by atoms with Gasteiger partial charge in [0.15, 0.2) is 0 Å². The molecule has 0 radical (unpaired) electrons. The Hall–Kier alpha value is -1.97. The number of carbonyl (C=O) groups excluding carboxylic acids is 3. The van der Waals surface area contributed by atoms with E-state index in [0.29, 0.717) is 11.7 Å². The van der Waals surface area contributed by atoms with Crippen molar-refractivity contribution < 1.29 is 24.3 Å². The Bertz CT molecular complexity index is 529. The first-order valence-corrected chi connectivity index (χ1v) is 8.91. The first-order chi connectivity index (χ1) is 11.4. The summed E-state index contributed by atoms with van der Waals surface area (Å²) < 4.78 is 0. The standard InChI is InChI=1S/C14H22N4O5S/c15-10(19)5-7(13(21)22)16-11(20)4-2-1-3-9-12-8(6-24-9)17-14(23)18-12/h7-9,12H,1-6H2,(H2,15,19)(H,16,20)(H,21,22)(H2,17,18,23)/t7-,8-,9-,12-/m0/s1. The molecule has 2 fully saturated rings. The van der Waals surface area contributed by atoms with Gasteiger partial charge in [0.05, 0.1) is 18.5 Å². The van der Waals surface area contributed by atoms with Gasteiger partial charge >= 0.3 is 12.0 Å². The maximum absolute atomic E-state index is 11.8. The summed E-state index contributed by atoms with van der Waals surface area (Å²) in [7, 11) is 0. The summed E-state index contributed by atoms with van der Waals surface area (Å²) in [5.74, 6) is -1.57. The van der Waals surface area contributed by atoms with Crippen molar-refractivity contribution in [1.29, 1.82) is 0 Å². The number of rotatable bonds is 9. The van der Waals surface area contributed by atoms with E-state index in [9.17, 15) is 19.2 Å². The van der Waals surface area contributed by atoms with Gasteiger partial charge in [0.25, 0.3) is 0 Å². The average molecular weight is 358 g/mol. The zero-order valence-electron chi connectivity index (χ0n) is 13.1. The number of hydrogen-bond donors (Lipinski definition) is 5. The third-order valence-electron chi connectivity index (χ3n) is 4.12. The summed E-state index contributed by atoms with van der Waals surface area (Å²) in [6.45, 7) is 0. The van der Waals surface area contributed by atoms with Crippen LogP contribution in [-0.4, -0.2) is 58.0 Å². The number of fused-ring (bicyclic) bond motifs is 1. The average Bonchev–Trinajstić information content (AvgIpc) is 3.02. The highest BCUT2D eigenvalue weighted by Gasteiger charge is 2.42. The van der Waals surface area contributed by atoms with Crippen LogP contribution in [0.15, 0.2) is 0 Å². The van der Waals surface area contributed by atoms with Crippen LogP contribution in [0.4, 0.5) is 4.79 Å². The van der Waals surface area contributed by atoms with Crippen LogP contribution in [0, 0.1) is 0 Å². The summed E-state index contributed by atoms with van der Waals surface area (Å²) in [6, 6.07) is -1.08. The van der Waals surface area contributed by atoms with Crippen LogP contribution in [0.3, 0.4) is 0 Å². The van der Waals surface area contributed by atoms with Crippen molar-refractivity contribution in [3.05, 3.63) is 0 Å². The number of amides is 4. The molecule has 4 atom stereocenters. The molecule has 0 bridgehead atoms.